The van der Waals surface area contributed by atoms with Crippen LogP contribution in [0.4, 0.5) is 0 Å². The first-order valence-electron chi connectivity index (χ1n) is 9.08. The van der Waals surface area contributed by atoms with Crippen molar-refractivity contribution in [3.63, 3.8) is 0 Å². The molecule has 1 aliphatic rings. The summed E-state index contributed by atoms with van der Waals surface area (Å²) in [4.78, 5) is 18.4. The van der Waals surface area contributed by atoms with Crippen LogP contribution < -0.4 is 10.6 Å². The van der Waals surface area contributed by atoms with Crippen LogP contribution in [-0.4, -0.2) is 49.0 Å². The van der Waals surface area contributed by atoms with Crippen LogP contribution in [-0.2, 0) is 11.2 Å². The van der Waals surface area contributed by atoms with Crippen LogP contribution in [0.15, 0.2) is 27.8 Å². The first-order chi connectivity index (χ1) is 11.7. The number of hydrogen-bond acceptors (Lipinski definition) is 3. The number of rotatable bonds is 8. The molecular formula is C18H30N4O2. The van der Waals surface area contributed by atoms with E-state index < -0.39 is 0 Å². The number of nitrogens with one attached hydrogen (secondary N) is 2. The molecule has 6 heteroatoms. The van der Waals surface area contributed by atoms with Gasteiger partial charge in [0.2, 0.25) is 5.91 Å². The minimum absolute atomic E-state index is 0.231. The number of unbranched alkanes of at least 4 members (excludes halogenated alkanes) is 1. The van der Waals surface area contributed by atoms with Crippen molar-refractivity contribution in [1.29, 1.82) is 0 Å². The molecule has 2 rings (SSSR count). The normalized spacial score (nSPS) is 18.0. The van der Waals surface area contributed by atoms with Gasteiger partial charge in [0.05, 0.1) is 6.26 Å². The van der Waals surface area contributed by atoms with E-state index in [1.54, 1.807) is 6.26 Å². The number of hydrogen-bond donors (Lipinski definition) is 2. The highest BCUT2D eigenvalue weighted by atomic mass is 16.3. The Kier molecular flexibility index (Phi) is 7.65. The molecule has 2 heterocycles. The smallest absolute Gasteiger partial charge is 0.222 e. The fourth-order valence-corrected chi connectivity index (χ4v) is 2.78. The molecule has 24 heavy (non-hydrogen) atoms. The molecule has 0 bridgehead atoms. The Morgan fingerprint density at radius 1 is 1.46 bits per heavy atom. The third-order valence-corrected chi connectivity index (χ3v) is 4.21. The summed E-state index contributed by atoms with van der Waals surface area (Å²) >= 11 is 0. The van der Waals surface area contributed by atoms with E-state index in [9.17, 15) is 4.79 Å². The fourth-order valence-electron chi connectivity index (χ4n) is 2.78. The van der Waals surface area contributed by atoms with E-state index in [4.69, 9.17) is 4.42 Å². The van der Waals surface area contributed by atoms with Crippen LogP contribution in [0.25, 0.3) is 0 Å². The topological polar surface area (TPSA) is 69.9 Å². The molecule has 1 atom stereocenters. The summed E-state index contributed by atoms with van der Waals surface area (Å²) in [5.74, 6) is 2.04. The molecular weight excluding hydrogens is 304 g/mol. The van der Waals surface area contributed by atoms with Crippen molar-refractivity contribution in [1.82, 2.24) is 15.5 Å². The van der Waals surface area contributed by atoms with Crippen molar-refractivity contribution in [2.75, 3.05) is 26.2 Å². The van der Waals surface area contributed by atoms with Gasteiger partial charge in [-0.05, 0) is 25.0 Å². The van der Waals surface area contributed by atoms with Gasteiger partial charge in [-0.25, -0.2) is 0 Å². The maximum absolute atomic E-state index is 11.8. The molecule has 134 valence electrons. The average Bonchev–Trinajstić information content (AvgIpc) is 3.26. The molecule has 1 aromatic rings. The second kappa shape index (κ2) is 10.0. The van der Waals surface area contributed by atoms with E-state index in [0.29, 0.717) is 6.42 Å². The van der Waals surface area contributed by atoms with Crippen LogP contribution in [0.5, 0.6) is 0 Å². The van der Waals surface area contributed by atoms with Gasteiger partial charge in [-0.1, -0.05) is 20.3 Å². The van der Waals surface area contributed by atoms with E-state index in [1.807, 2.05) is 24.0 Å². The largest absolute Gasteiger partial charge is 0.469 e. The van der Waals surface area contributed by atoms with Crippen molar-refractivity contribution in [3.8, 4) is 0 Å². The standard InChI is InChI=1S/C18H30N4O2/c1-3-5-10-19-18(20-11-8-16-7-6-13-24-16)21-15-9-12-22(14-15)17(23)4-2/h6-7,13,15H,3-5,8-12,14H2,1-2H3,(H2,19,20,21). The molecule has 1 saturated heterocycles. The summed E-state index contributed by atoms with van der Waals surface area (Å²) in [6.45, 7) is 7.26. The number of likely N-dealkylation sites (tertiary alicyclic amines) is 1. The Bertz CT molecular complexity index is 513. The van der Waals surface area contributed by atoms with Gasteiger partial charge < -0.3 is 20.0 Å². The molecule has 1 aromatic heterocycles. The molecule has 0 aromatic carbocycles. The SMILES string of the molecule is CCCCN=C(NCCc1ccco1)NC1CCN(C(=O)CC)C1. The van der Waals surface area contributed by atoms with E-state index in [2.05, 4.69) is 22.5 Å². The molecule has 1 fully saturated rings. The minimum Gasteiger partial charge on any atom is -0.469 e. The quantitative estimate of drug-likeness (QED) is 0.434. The highest BCUT2D eigenvalue weighted by molar-refractivity contribution is 5.80. The molecule has 6 nitrogen and oxygen atoms in total. The number of carbonyl (C=O) groups excluding carboxylic acids is 1. The van der Waals surface area contributed by atoms with E-state index in [-0.39, 0.29) is 11.9 Å². The van der Waals surface area contributed by atoms with Crippen LogP contribution in [0.3, 0.4) is 0 Å². The predicted molar refractivity (Wildman–Crippen MR) is 96.0 cm³/mol. The van der Waals surface area contributed by atoms with E-state index in [0.717, 1.165) is 63.6 Å². The summed E-state index contributed by atoms with van der Waals surface area (Å²) in [6.07, 6.45) is 6.28. The van der Waals surface area contributed by atoms with Crippen molar-refractivity contribution >= 4 is 11.9 Å². The predicted octanol–water partition coefficient (Wildman–Crippen LogP) is 2.17. The Morgan fingerprint density at radius 2 is 2.33 bits per heavy atom. The summed E-state index contributed by atoms with van der Waals surface area (Å²) in [7, 11) is 0. The molecule has 1 aliphatic heterocycles. The van der Waals surface area contributed by atoms with Crippen LogP contribution in [0, 0.1) is 0 Å². The number of furan rings is 1. The Balaban J connectivity index is 1.81. The van der Waals surface area contributed by atoms with Gasteiger partial charge in [0.25, 0.3) is 0 Å². The minimum atomic E-state index is 0.231. The monoisotopic (exact) mass is 334 g/mol. The molecule has 0 saturated carbocycles. The summed E-state index contributed by atoms with van der Waals surface area (Å²) in [5, 5.41) is 6.86. The van der Waals surface area contributed by atoms with Gasteiger partial charge in [0.1, 0.15) is 5.76 Å². The summed E-state index contributed by atoms with van der Waals surface area (Å²) in [6, 6.07) is 4.16. The third kappa shape index (κ3) is 5.91. The zero-order valence-electron chi connectivity index (χ0n) is 14.9. The number of aliphatic imine (C=N–C) groups is 1. The first kappa shape index (κ1) is 18.4. The fraction of sp³-hybridized carbons (Fsp3) is 0.667. The van der Waals surface area contributed by atoms with Gasteiger partial charge in [-0.15, -0.1) is 0 Å². The first-order valence-corrected chi connectivity index (χ1v) is 9.08. The Labute approximate surface area is 144 Å². The lowest BCUT2D eigenvalue weighted by atomic mass is 10.2. The zero-order valence-corrected chi connectivity index (χ0v) is 14.9. The molecule has 2 N–H and O–H groups in total. The molecule has 0 aliphatic carbocycles. The number of nitrogens with zero attached hydrogens (tertiary/aromatic N) is 2. The Morgan fingerprint density at radius 3 is 3.04 bits per heavy atom. The van der Waals surface area contributed by atoms with Crippen molar-refractivity contribution < 1.29 is 9.21 Å². The molecule has 0 spiro atoms. The van der Waals surface area contributed by atoms with Gasteiger partial charge in [0.15, 0.2) is 5.96 Å². The number of carbonyl (C=O) groups is 1. The van der Waals surface area contributed by atoms with Crippen LogP contribution >= 0.6 is 0 Å². The number of amides is 1. The molecule has 1 amide bonds. The highest BCUT2D eigenvalue weighted by Crippen LogP contribution is 2.10. The van der Waals surface area contributed by atoms with Gasteiger partial charge >= 0.3 is 0 Å². The summed E-state index contributed by atoms with van der Waals surface area (Å²) < 4.78 is 5.36. The van der Waals surface area contributed by atoms with Crippen LogP contribution in [0.2, 0.25) is 0 Å². The average molecular weight is 334 g/mol. The lowest BCUT2D eigenvalue weighted by molar-refractivity contribution is -0.129. The molecule has 1 unspecified atom stereocenters. The van der Waals surface area contributed by atoms with E-state index >= 15 is 0 Å². The lowest BCUT2D eigenvalue weighted by Gasteiger charge is -2.19. The Hall–Kier alpha value is -1.98. The maximum atomic E-state index is 11.8. The van der Waals surface area contributed by atoms with E-state index in [1.165, 1.54) is 0 Å². The second-order valence-electron chi connectivity index (χ2n) is 6.16. The lowest BCUT2D eigenvalue weighted by Crippen LogP contribution is -2.45. The molecule has 0 radical (unpaired) electrons. The third-order valence-electron chi connectivity index (χ3n) is 4.21. The van der Waals surface area contributed by atoms with Gasteiger partial charge in [-0.3, -0.25) is 9.79 Å². The van der Waals surface area contributed by atoms with Crippen molar-refractivity contribution in [2.24, 2.45) is 4.99 Å². The van der Waals surface area contributed by atoms with Gasteiger partial charge in [-0.2, -0.15) is 0 Å². The zero-order chi connectivity index (χ0) is 17.2. The van der Waals surface area contributed by atoms with Crippen molar-refractivity contribution in [2.45, 2.75) is 52.0 Å². The van der Waals surface area contributed by atoms with Crippen LogP contribution in [0.1, 0.15) is 45.3 Å². The number of guanidine groups is 1. The van der Waals surface area contributed by atoms with Crippen molar-refractivity contribution in [3.05, 3.63) is 24.2 Å². The second-order valence-corrected chi connectivity index (χ2v) is 6.16. The highest BCUT2D eigenvalue weighted by Gasteiger charge is 2.25. The maximum Gasteiger partial charge on any atom is 0.222 e. The van der Waals surface area contributed by atoms with Gasteiger partial charge in [0, 0.05) is 45.1 Å². The summed E-state index contributed by atoms with van der Waals surface area (Å²) in [5.41, 5.74) is 0.